The van der Waals surface area contributed by atoms with E-state index in [1.807, 2.05) is 5.32 Å². The van der Waals surface area contributed by atoms with Crippen molar-refractivity contribution < 1.29 is 48.5 Å². The van der Waals surface area contributed by atoms with Crippen molar-refractivity contribution in [1.29, 1.82) is 0 Å². The first kappa shape index (κ1) is 32.2. The summed E-state index contributed by atoms with van der Waals surface area (Å²) >= 11 is 0. The molecule has 0 unspecified atom stereocenters. The predicted octanol–water partition coefficient (Wildman–Crippen LogP) is -0.402. The third-order valence-corrected chi connectivity index (χ3v) is 5.42. The van der Waals surface area contributed by atoms with Gasteiger partial charge in [0, 0.05) is 0 Å². The third-order valence-electron chi connectivity index (χ3n) is 5.42. The smallest absolute Gasteiger partial charge is 0.408 e. The Labute approximate surface area is 235 Å². The van der Waals surface area contributed by atoms with Crippen molar-refractivity contribution in [3.05, 3.63) is 71.8 Å². The maximum absolute atomic E-state index is 13.0. The molecule has 0 aliphatic carbocycles. The van der Waals surface area contributed by atoms with Gasteiger partial charge in [0.05, 0.1) is 13.0 Å². The van der Waals surface area contributed by atoms with Crippen LogP contribution in [-0.4, -0.2) is 77.2 Å². The average Bonchev–Trinajstić information content (AvgIpc) is 2.97. The monoisotopic (exact) mass is 572 g/mol. The highest BCUT2D eigenvalue weighted by molar-refractivity contribution is 5.96. The zero-order valence-electron chi connectivity index (χ0n) is 22.2. The van der Waals surface area contributed by atoms with Crippen LogP contribution in [-0.2, 0) is 46.7 Å². The minimum absolute atomic E-state index is 0.0498. The van der Waals surface area contributed by atoms with E-state index >= 15 is 0 Å². The van der Waals surface area contributed by atoms with Crippen LogP contribution in [0.25, 0.3) is 0 Å². The summed E-state index contributed by atoms with van der Waals surface area (Å²) in [6.45, 7) is -0.504. The Balaban J connectivity index is 2.03. The summed E-state index contributed by atoms with van der Waals surface area (Å²) in [6, 6.07) is 13.1. The number of aliphatic hydroxyl groups excluding tert-OH is 1. The molecule has 4 amide bonds. The molecular weight excluding hydrogens is 540 g/mol. The van der Waals surface area contributed by atoms with E-state index in [1.54, 1.807) is 60.7 Å². The number of esters is 1. The van der Waals surface area contributed by atoms with Crippen LogP contribution in [0.1, 0.15) is 24.5 Å². The highest BCUT2D eigenvalue weighted by Crippen LogP contribution is 2.05. The molecule has 220 valence electrons. The van der Waals surface area contributed by atoms with Crippen LogP contribution in [0.5, 0.6) is 0 Å². The van der Waals surface area contributed by atoms with Crippen LogP contribution in [0.2, 0.25) is 0 Å². The lowest BCUT2D eigenvalue weighted by molar-refractivity contribution is -0.147. The predicted molar refractivity (Wildman–Crippen MR) is 142 cm³/mol. The van der Waals surface area contributed by atoms with Gasteiger partial charge in [-0.25, -0.2) is 4.79 Å². The van der Waals surface area contributed by atoms with E-state index in [4.69, 9.17) is 14.6 Å². The van der Waals surface area contributed by atoms with E-state index in [9.17, 15) is 33.9 Å². The van der Waals surface area contributed by atoms with E-state index in [-0.39, 0.29) is 13.2 Å². The lowest BCUT2D eigenvalue weighted by atomic mass is 10.1. The van der Waals surface area contributed by atoms with Crippen molar-refractivity contribution in [3.8, 4) is 0 Å². The Morgan fingerprint density at radius 1 is 0.732 bits per heavy atom. The van der Waals surface area contributed by atoms with E-state index in [1.165, 1.54) is 6.92 Å². The maximum Gasteiger partial charge on any atom is 0.408 e. The quantitative estimate of drug-likeness (QED) is 0.152. The second-order valence-corrected chi connectivity index (χ2v) is 8.69. The number of ether oxygens (including phenoxy) is 2. The number of carboxylic acid groups (broad SMARTS) is 1. The lowest BCUT2D eigenvalue weighted by Crippen LogP contribution is -2.57. The molecule has 0 spiro atoms. The van der Waals surface area contributed by atoms with Crippen molar-refractivity contribution in [3.63, 3.8) is 0 Å². The van der Waals surface area contributed by atoms with Gasteiger partial charge in [0.15, 0.2) is 0 Å². The Morgan fingerprint density at radius 2 is 1.27 bits per heavy atom. The summed E-state index contributed by atoms with van der Waals surface area (Å²) in [4.78, 5) is 73.2. The van der Waals surface area contributed by atoms with Gasteiger partial charge in [-0.15, -0.1) is 0 Å². The summed E-state index contributed by atoms with van der Waals surface area (Å²) < 4.78 is 10.3. The molecule has 14 heteroatoms. The first-order chi connectivity index (χ1) is 19.6. The number of carboxylic acids is 1. The lowest BCUT2D eigenvalue weighted by Gasteiger charge is -2.23. The minimum Gasteiger partial charge on any atom is -0.480 e. The number of alkyl carbamates (subject to hydrolysis) is 1. The molecule has 0 aliphatic heterocycles. The maximum atomic E-state index is 13.0. The van der Waals surface area contributed by atoms with E-state index in [0.29, 0.717) is 5.56 Å². The third kappa shape index (κ3) is 12.2. The van der Waals surface area contributed by atoms with Crippen LogP contribution in [0, 0.1) is 0 Å². The van der Waals surface area contributed by atoms with Crippen molar-refractivity contribution in [2.45, 2.75) is 44.7 Å². The molecular formula is C27H32N4O10. The number of carbonyl (C=O) groups is 6. The van der Waals surface area contributed by atoms with Crippen LogP contribution < -0.4 is 21.3 Å². The first-order valence-corrected chi connectivity index (χ1v) is 12.5. The fourth-order valence-electron chi connectivity index (χ4n) is 3.23. The molecule has 0 saturated heterocycles. The minimum atomic E-state index is -1.59. The summed E-state index contributed by atoms with van der Waals surface area (Å²) in [7, 11) is 0. The zero-order valence-corrected chi connectivity index (χ0v) is 22.2. The highest BCUT2D eigenvalue weighted by atomic mass is 16.5. The van der Waals surface area contributed by atoms with Crippen LogP contribution >= 0.6 is 0 Å². The molecule has 0 heterocycles. The van der Waals surface area contributed by atoms with Crippen LogP contribution in [0.4, 0.5) is 4.79 Å². The molecule has 2 aromatic carbocycles. The fourth-order valence-corrected chi connectivity index (χ4v) is 3.23. The zero-order chi connectivity index (χ0) is 30.2. The number of amides is 4. The SMILES string of the molecule is C[C@H](NC(=O)OCc1ccccc1)C(=O)N[C@@H](CC(=O)OCc1ccccc1)C(=O)N[C@@H](CO)C(=O)NCC(=O)O. The molecule has 0 aliphatic rings. The first-order valence-electron chi connectivity index (χ1n) is 12.5. The molecule has 0 bridgehead atoms. The number of aliphatic hydroxyl groups is 1. The molecule has 0 saturated carbocycles. The summed E-state index contributed by atoms with van der Waals surface area (Å²) in [6.07, 6.45) is -1.57. The van der Waals surface area contributed by atoms with Crippen molar-refractivity contribution >= 4 is 35.8 Å². The Bertz CT molecular complexity index is 1190. The fraction of sp³-hybridized carbons (Fsp3) is 0.333. The van der Waals surface area contributed by atoms with Gasteiger partial charge in [-0.2, -0.15) is 0 Å². The summed E-state index contributed by atoms with van der Waals surface area (Å²) in [5.74, 6) is -5.13. The summed E-state index contributed by atoms with van der Waals surface area (Å²) in [5.41, 5.74) is 1.39. The summed E-state index contributed by atoms with van der Waals surface area (Å²) in [5, 5.41) is 27.0. The normalized spacial score (nSPS) is 12.5. The number of aliphatic carboxylic acids is 1. The van der Waals surface area contributed by atoms with Gasteiger partial charge in [0.1, 0.15) is 37.9 Å². The van der Waals surface area contributed by atoms with E-state index in [2.05, 4.69) is 16.0 Å². The molecule has 14 nitrogen and oxygen atoms in total. The number of hydrogen-bond donors (Lipinski definition) is 6. The number of hydrogen-bond acceptors (Lipinski definition) is 9. The number of rotatable bonds is 15. The van der Waals surface area contributed by atoms with Gasteiger partial charge in [-0.3, -0.25) is 24.0 Å². The molecule has 0 radical (unpaired) electrons. The van der Waals surface area contributed by atoms with Gasteiger partial charge in [-0.1, -0.05) is 60.7 Å². The largest absolute Gasteiger partial charge is 0.480 e. The second-order valence-electron chi connectivity index (χ2n) is 8.69. The Morgan fingerprint density at radius 3 is 1.80 bits per heavy atom. The van der Waals surface area contributed by atoms with E-state index < -0.39 is 73.5 Å². The Kier molecular flexibility index (Phi) is 13.3. The Hall–Kier alpha value is -4.98. The topological polar surface area (TPSA) is 209 Å². The molecule has 6 N–H and O–H groups in total. The molecule has 0 fully saturated rings. The van der Waals surface area contributed by atoms with Crippen molar-refractivity contribution in [2.24, 2.45) is 0 Å². The van der Waals surface area contributed by atoms with Gasteiger partial charge in [-0.05, 0) is 18.1 Å². The van der Waals surface area contributed by atoms with Crippen molar-refractivity contribution in [2.75, 3.05) is 13.2 Å². The van der Waals surface area contributed by atoms with Gasteiger partial charge >= 0.3 is 18.0 Å². The number of carbonyl (C=O) groups excluding carboxylic acids is 5. The number of benzene rings is 2. The molecule has 41 heavy (non-hydrogen) atoms. The number of nitrogens with one attached hydrogen (secondary N) is 4. The van der Waals surface area contributed by atoms with Crippen LogP contribution in [0.15, 0.2) is 60.7 Å². The standard InChI is InChI=1S/C27H32N4O10/c1-17(29-27(39)41-16-19-10-6-3-7-11-19)24(36)30-20(12-23(35)40-15-18-8-4-2-5-9-18)26(38)31-21(14-32)25(37)28-13-22(33)34/h2-11,17,20-21,32H,12-16H2,1H3,(H,28,37)(H,29,39)(H,30,36)(H,31,38)(H,33,34)/t17-,20-,21-/m0/s1. The van der Waals surface area contributed by atoms with E-state index in [0.717, 1.165) is 5.56 Å². The molecule has 0 aromatic heterocycles. The molecule has 3 atom stereocenters. The molecule has 2 aromatic rings. The molecule has 2 rings (SSSR count). The van der Waals surface area contributed by atoms with Crippen LogP contribution in [0.3, 0.4) is 0 Å². The van der Waals surface area contributed by atoms with Gasteiger partial charge in [0.2, 0.25) is 17.7 Å². The second kappa shape index (κ2) is 16.9. The van der Waals surface area contributed by atoms with Crippen molar-refractivity contribution in [1.82, 2.24) is 21.3 Å². The highest BCUT2D eigenvalue weighted by Gasteiger charge is 2.30. The van der Waals surface area contributed by atoms with Gasteiger partial charge in [0.25, 0.3) is 0 Å². The average molecular weight is 573 g/mol. The van der Waals surface area contributed by atoms with Gasteiger partial charge < -0.3 is 41.0 Å².